The first-order chi connectivity index (χ1) is 10.2. The van der Waals surface area contributed by atoms with Gasteiger partial charge in [-0.3, -0.25) is 4.98 Å². The van der Waals surface area contributed by atoms with Crippen molar-refractivity contribution in [3.05, 3.63) is 58.6 Å². The Kier molecular flexibility index (Phi) is 5.53. The maximum atomic E-state index is 14.2. The van der Waals surface area contributed by atoms with Gasteiger partial charge >= 0.3 is 0 Å². The minimum Gasteiger partial charge on any atom is -0.497 e. The molecular weight excluding hydrogens is 291 g/mol. The quantitative estimate of drug-likeness (QED) is 0.882. The third-order valence-corrected chi connectivity index (χ3v) is 3.65. The number of halogens is 2. The number of nitrogens with zero attached hydrogens (tertiary/aromatic N) is 1. The van der Waals surface area contributed by atoms with E-state index in [0.29, 0.717) is 22.8 Å². The molecule has 21 heavy (non-hydrogen) atoms. The second-order valence-electron chi connectivity index (χ2n) is 4.67. The fraction of sp³-hybridized carbons (Fsp3) is 0.312. The SMILES string of the molecule is CCNC(Cc1ccncc1Cl)c1ccc(OC)cc1F. The number of nitrogens with one attached hydrogen (secondary N) is 1. The second kappa shape index (κ2) is 7.38. The highest BCUT2D eigenvalue weighted by molar-refractivity contribution is 6.31. The molecule has 0 amide bonds. The van der Waals surface area contributed by atoms with Crippen LogP contribution >= 0.6 is 11.6 Å². The summed E-state index contributed by atoms with van der Waals surface area (Å²) < 4.78 is 19.3. The highest BCUT2D eigenvalue weighted by Crippen LogP contribution is 2.26. The third kappa shape index (κ3) is 3.93. The summed E-state index contributed by atoms with van der Waals surface area (Å²) in [7, 11) is 1.52. The van der Waals surface area contributed by atoms with Crippen LogP contribution < -0.4 is 10.1 Å². The minimum atomic E-state index is -0.287. The molecule has 1 unspecified atom stereocenters. The number of likely N-dealkylation sites (N-methyl/N-ethyl adjacent to an activating group) is 1. The van der Waals surface area contributed by atoms with E-state index in [0.717, 1.165) is 12.1 Å². The number of aromatic nitrogens is 1. The number of ether oxygens (including phenoxy) is 1. The summed E-state index contributed by atoms with van der Waals surface area (Å²) in [6, 6.07) is 6.61. The Bertz CT molecular complexity index is 607. The fourth-order valence-electron chi connectivity index (χ4n) is 2.25. The summed E-state index contributed by atoms with van der Waals surface area (Å²) in [6.07, 6.45) is 3.89. The van der Waals surface area contributed by atoms with Gasteiger partial charge in [-0.25, -0.2) is 4.39 Å². The monoisotopic (exact) mass is 308 g/mol. The predicted molar refractivity (Wildman–Crippen MR) is 82.3 cm³/mol. The van der Waals surface area contributed by atoms with Crippen LogP contribution in [0.15, 0.2) is 36.7 Å². The smallest absolute Gasteiger partial charge is 0.131 e. The molecule has 0 aliphatic rings. The van der Waals surface area contributed by atoms with Crippen LogP contribution in [0.3, 0.4) is 0 Å². The van der Waals surface area contributed by atoms with E-state index in [1.807, 2.05) is 13.0 Å². The van der Waals surface area contributed by atoms with Crippen LogP contribution in [-0.2, 0) is 6.42 Å². The zero-order valence-corrected chi connectivity index (χ0v) is 12.8. The summed E-state index contributed by atoms with van der Waals surface area (Å²) in [5.74, 6) is 0.221. The van der Waals surface area contributed by atoms with Crippen LogP contribution in [0.5, 0.6) is 5.75 Å². The number of methoxy groups -OCH3 is 1. The molecule has 0 saturated carbocycles. The van der Waals surface area contributed by atoms with Crippen molar-refractivity contribution in [1.82, 2.24) is 10.3 Å². The Balaban J connectivity index is 2.29. The lowest BCUT2D eigenvalue weighted by Crippen LogP contribution is -2.24. The topological polar surface area (TPSA) is 34.2 Å². The van der Waals surface area contributed by atoms with Gasteiger partial charge in [0.25, 0.3) is 0 Å². The van der Waals surface area contributed by atoms with Gasteiger partial charge in [-0.1, -0.05) is 24.6 Å². The molecule has 0 radical (unpaired) electrons. The van der Waals surface area contributed by atoms with Crippen molar-refractivity contribution in [3.63, 3.8) is 0 Å². The number of pyridine rings is 1. The summed E-state index contributed by atoms with van der Waals surface area (Å²) >= 11 is 6.14. The Morgan fingerprint density at radius 2 is 2.19 bits per heavy atom. The first-order valence-electron chi connectivity index (χ1n) is 6.81. The molecule has 1 atom stereocenters. The minimum absolute atomic E-state index is 0.152. The van der Waals surface area contributed by atoms with Gasteiger partial charge in [0.2, 0.25) is 0 Å². The van der Waals surface area contributed by atoms with E-state index in [9.17, 15) is 4.39 Å². The molecule has 112 valence electrons. The van der Waals surface area contributed by atoms with Crippen LogP contribution in [0.2, 0.25) is 5.02 Å². The highest BCUT2D eigenvalue weighted by atomic mass is 35.5. The third-order valence-electron chi connectivity index (χ3n) is 3.31. The largest absolute Gasteiger partial charge is 0.497 e. The zero-order chi connectivity index (χ0) is 15.2. The first kappa shape index (κ1) is 15.7. The Labute approximate surface area is 129 Å². The number of hydrogen-bond donors (Lipinski definition) is 1. The molecule has 2 rings (SSSR count). The highest BCUT2D eigenvalue weighted by Gasteiger charge is 2.17. The van der Waals surface area contributed by atoms with Crippen molar-refractivity contribution >= 4 is 11.6 Å². The predicted octanol–water partition coefficient (Wildman–Crippen LogP) is 3.78. The van der Waals surface area contributed by atoms with Gasteiger partial charge in [0, 0.05) is 30.1 Å². The Morgan fingerprint density at radius 3 is 2.81 bits per heavy atom. The van der Waals surface area contributed by atoms with Gasteiger partial charge in [0.1, 0.15) is 11.6 Å². The zero-order valence-electron chi connectivity index (χ0n) is 12.1. The summed E-state index contributed by atoms with van der Waals surface area (Å²) in [5, 5.41) is 3.89. The summed E-state index contributed by atoms with van der Waals surface area (Å²) in [5.41, 5.74) is 1.54. The Hall–Kier alpha value is -1.65. The molecule has 1 N–H and O–H groups in total. The van der Waals surface area contributed by atoms with Gasteiger partial charge in [-0.2, -0.15) is 0 Å². The molecule has 0 spiro atoms. The van der Waals surface area contributed by atoms with Crippen molar-refractivity contribution in [2.45, 2.75) is 19.4 Å². The summed E-state index contributed by atoms with van der Waals surface area (Å²) in [6.45, 7) is 2.72. The summed E-state index contributed by atoms with van der Waals surface area (Å²) in [4.78, 5) is 3.97. The lowest BCUT2D eigenvalue weighted by molar-refractivity contribution is 0.409. The van der Waals surface area contributed by atoms with Crippen LogP contribution in [0.1, 0.15) is 24.1 Å². The van der Waals surface area contributed by atoms with Gasteiger partial charge in [0.05, 0.1) is 12.1 Å². The lowest BCUT2D eigenvalue weighted by Gasteiger charge is -2.20. The van der Waals surface area contributed by atoms with Crippen LogP contribution in [0.4, 0.5) is 4.39 Å². The molecule has 0 aliphatic heterocycles. The van der Waals surface area contributed by atoms with Crippen LogP contribution in [0.25, 0.3) is 0 Å². The fourth-order valence-corrected chi connectivity index (χ4v) is 2.44. The van der Waals surface area contributed by atoms with Crippen molar-refractivity contribution < 1.29 is 9.13 Å². The van der Waals surface area contributed by atoms with E-state index in [1.165, 1.54) is 13.2 Å². The van der Waals surface area contributed by atoms with Crippen molar-refractivity contribution in [2.24, 2.45) is 0 Å². The Morgan fingerprint density at radius 1 is 1.38 bits per heavy atom. The number of hydrogen-bond acceptors (Lipinski definition) is 3. The number of benzene rings is 1. The molecule has 0 bridgehead atoms. The molecule has 1 aromatic heterocycles. The number of rotatable bonds is 6. The van der Waals surface area contributed by atoms with Crippen LogP contribution in [0, 0.1) is 5.82 Å². The lowest BCUT2D eigenvalue weighted by atomic mass is 9.98. The van der Waals surface area contributed by atoms with E-state index in [4.69, 9.17) is 16.3 Å². The van der Waals surface area contributed by atoms with Crippen molar-refractivity contribution in [3.8, 4) is 5.75 Å². The average Bonchev–Trinajstić information content (AvgIpc) is 2.49. The molecule has 2 aromatic rings. The molecule has 0 saturated heterocycles. The average molecular weight is 309 g/mol. The second-order valence-corrected chi connectivity index (χ2v) is 5.08. The standard InChI is InChI=1S/C16H18ClFN2O/c1-3-20-16(8-11-6-7-19-10-14(11)17)13-5-4-12(21-2)9-15(13)18/h4-7,9-10,16,20H,3,8H2,1-2H3. The molecule has 0 fully saturated rings. The maximum Gasteiger partial charge on any atom is 0.131 e. The molecular formula is C16H18ClFN2O. The normalized spacial score (nSPS) is 12.2. The van der Waals surface area contributed by atoms with E-state index >= 15 is 0 Å². The molecule has 1 aromatic carbocycles. The van der Waals surface area contributed by atoms with E-state index in [1.54, 1.807) is 24.5 Å². The van der Waals surface area contributed by atoms with E-state index < -0.39 is 0 Å². The van der Waals surface area contributed by atoms with Crippen molar-refractivity contribution in [2.75, 3.05) is 13.7 Å². The van der Waals surface area contributed by atoms with Gasteiger partial charge in [-0.15, -0.1) is 0 Å². The van der Waals surface area contributed by atoms with Crippen LogP contribution in [-0.4, -0.2) is 18.6 Å². The molecule has 0 aliphatic carbocycles. The van der Waals surface area contributed by atoms with E-state index in [2.05, 4.69) is 10.3 Å². The maximum absolute atomic E-state index is 14.2. The van der Waals surface area contributed by atoms with Crippen molar-refractivity contribution in [1.29, 1.82) is 0 Å². The molecule has 3 nitrogen and oxygen atoms in total. The first-order valence-corrected chi connectivity index (χ1v) is 7.18. The molecule has 5 heteroatoms. The molecule has 1 heterocycles. The van der Waals surface area contributed by atoms with Gasteiger partial charge in [-0.05, 0) is 30.7 Å². The van der Waals surface area contributed by atoms with Gasteiger partial charge in [0.15, 0.2) is 0 Å². The van der Waals surface area contributed by atoms with Gasteiger partial charge < -0.3 is 10.1 Å². The van der Waals surface area contributed by atoms with E-state index in [-0.39, 0.29) is 11.9 Å².